The number of aryl methyl sites for hydroxylation is 1. The van der Waals surface area contributed by atoms with Gasteiger partial charge in [-0.2, -0.15) is 0 Å². The highest BCUT2D eigenvalue weighted by Crippen LogP contribution is 2.23. The summed E-state index contributed by atoms with van der Waals surface area (Å²) >= 11 is 0. The van der Waals surface area contributed by atoms with Gasteiger partial charge in [0.05, 0.1) is 6.26 Å². The average Bonchev–Trinajstić information content (AvgIpc) is 2.67. The molecule has 0 radical (unpaired) electrons. The Morgan fingerprint density at radius 3 is 2.83 bits per heavy atom. The number of rotatable bonds is 5. The first-order valence-electron chi connectivity index (χ1n) is 5.68. The second-order valence-electron chi connectivity index (χ2n) is 4.28. The van der Waals surface area contributed by atoms with Gasteiger partial charge in [-0.15, -0.1) is 0 Å². The van der Waals surface area contributed by atoms with Gasteiger partial charge in [-0.1, -0.05) is 0 Å². The van der Waals surface area contributed by atoms with Gasteiger partial charge in [-0.25, -0.2) is 8.42 Å². The summed E-state index contributed by atoms with van der Waals surface area (Å²) < 4.78 is 24.8. The predicted octanol–water partition coefficient (Wildman–Crippen LogP) is 1.46. The molecule has 98 valence electrons. The molecule has 1 aromatic heterocycles. The molecule has 0 saturated heterocycles. The number of hydrogen-bond donors (Lipinski definition) is 3. The summed E-state index contributed by atoms with van der Waals surface area (Å²) in [5.74, 6) is 0. The van der Waals surface area contributed by atoms with Crippen LogP contribution < -0.4 is 4.72 Å². The zero-order valence-corrected chi connectivity index (χ0v) is 10.9. The van der Waals surface area contributed by atoms with Crippen LogP contribution in [0.3, 0.4) is 0 Å². The van der Waals surface area contributed by atoms with E-state index in [-0.39, 0.29) is 6.61 Å². The Labute approximate surface area is 106 Å². The molecule has 2 rings (SSSR count). The molecule has 6 heteroatoms. The monoisotopic (exact) mass is 268 g/mol. The minimum absolute atomic E-state index is 0.147. The first kappa shape index (κ1) is 12.9. The standard InChI is InChI=1S/C12H16N2O3S/c1-18(16,17)14-10-4-5-12-11(7-10)9(8-13-12)3-2-6-15/h4-5,7-8,13-15H,2-3,6H2,1H3. The Morgan fingerprint density at radius 2 is 2.17 bits per heavy atom. The van der Waals surface area contributed by atoms with Crippen molar-refractivity contribution >= 4 is 26.6 Å². The van der Waals surface area contributed by atoms with Crippen molar-refractivity contribution in [2.24, 2.45) is 0 Å². The van der Waals surface area contributed by atoms with Gasteiger partial charge in [0.15, 0.2) is 0 Å². The fraction of sp³-hybridized carbons (Fsp3) is 0.333. The molecule has 2 aromatic rings. The quantitative estimate of drug-likeness (QED) is 0.768. The number of H-pyrrole nitrogens is 1. The highest BCUT2D eigenvalue weighted by atomic mass is 32.2. The van der Waals surface area contributed by atoms with Crippen LogP contribution in [0.1, 0.15) is 12.0 Å². The Morgan fingerprint density at radius 1 is 1.39 bits per heavy atom. The summed E-state index contributed by atoms with van der Waals surface area (Å²) in [6.45, 7) is 0.147. The highest BCUT2D eigenvalue weighted by molar-refractivity contribution is 7.92. The lowest BCUT2D eigenvalue weighted by Gasteiger charge is -2.04. The number of fused-ring (bicyclic) bond motifs is 1. The summed E-state index contributed by atoms with van der Waals surface area (Å²) in [6.07, 6.45) is 4.47. The van der Waals surface area contributed by atoms with Gasteiger partial charge in [0.25, 0.3) is 0 Å². The third-order valence-corrected chi connectivity index (χ3v) is 3.28. The summed E-state index contributed by atoms with van der Waals surface area (Å²) in [5.41, 5.74) is 2.59. The molecule has 1 aromatic carbocycles. The van der Waals surface area contributed by atoms with E-state index in [2.05, 4.69) is 9.71 Å². The number of benzene rings is 1. The van der Waals surface area contributed by atoms with Crippen LogP contribution in [-0.4, -0.2) is 31.4 Å². The van der Waals surface area contributed by atoms with E-state index in [1.807, 2.05) is 12.3 Å². The Hall–Kier alpha value is -1.53. The lowest BCUT2D eigenvalue weighted by Crippen LogP contribution is -2.09. The van der Waals surface area contributed by atoms with Gasteiger partial charge in [0, 0.05) is 29.4 Å². The van der Waals surface area contributed by atoms with Crippen molar-refractivity contribution in [2.45, 2.75) is 12.8 Å². The van der Waals surface area contributed by atoms with Crippen LogP contribution in [-0.2, 0) is 16.4 Å². The molecule has 0 amide bonds. The molecule has 0 aliphatic carbocycles. The zero-order chi connectivity index (χ0) is 13.2. The van der Waals surface area contributed by atoms with Crippen molar-refractivity contribution < 1.29 is 13.5 Å². The maximum atomic E-state index is 11.2. The molecule has 1 heterocycles. The molecule has 5 nitrogen and oxygen atoms in total. The average molecular weight is 268 g/mol. The van der Waals surface area contributed by atoms with Crippen LogP contribution in [0.15, 0.2) is 24.4 Å². The fourth-order valence-corrected chi connectivity index (χ4v) is 2.49. The number of sulfonamides is 1. The normalized spacial score (nSPS) is 11.9. The number of aromatic nitrogens is 1. The molecule has 3 N–H and O–H groups in total. The largest absolute Gasteiger partial charge is 0.396 e. The van der Waals surface area contributed by atoms with E-state index in [1.165, 1.54) is 0 Å². The molecule has 0 saturated carbocycles. The molecule has 0 aliphatic rings. The Bertz CT molecular complexity index is 646. The number of aliphatic hydroxyl groups is 1. The van der Waals surface area contributed by atoms with Crippen molar-refractivity contribution in [3.8, 4) is 0 Å². The molecule has 0 atom stereocenters. The van der Waals surface area contributed by atoms with Crippen molar-refractivity contribution in [1.29, 1.82) is 0 Å². The maximum absolute atomic E-state index is 11.2. The number of aromatic amines is 1. The Kier molecular flexibility index (Phi) is 3.58. The number of nitrogens with one attached hydrogen (secondary N) is 2. The van der Waals surface area contributed by atoms with Gasteiger partial charge in [0.2, 0.25) is 10.0 Å². The second kappa shape index (κ2) is 4.99. The second-order valence-corrected chi connectivity index (χ2v) is 6.02. The van der Waals surface area contributed by atoms with Crippen molar-refractivity contribution in [3.05, 3.63) is 30.0 Å². The maximum Gasteiger partial charge on any atom is 0.229 e. The lowest BCUT2D eigenvalue weighted by atomic mass is 10.1. The van der Waals surface area contributed by atoms with E-state index in [9.17, 15) is 8.42 Å². The first-order valence-corrected chi connectivity index (χ1v) is 7.57. The molecular formula is C12H16N2O3S. The topological polar surface area (TPSA) is 82.2 Å². The van der Waals surface area contributed by atoms with Gasteiger partial charge in [-0.3, -0.25) is 4.72 Å². The molecule has 0 fully saturated rings. The fourth-order valence-electron chi connectivity index (χ4n) is 1.93. The van der Waals surface area contributed by atoms with Crippen molar-refractivity contribution in [1.82, 2.24) is 4.98 Å². The van der Waals surface area contributed by atoms with E-state index in [0.29, 0.717) is 12.1 Å². The number of anilines is 1. The van der Waals surface area contributed by atoms with Gasteiger partial charge in [-0.05, 0) is 36.6 Å². The van der Waals surface area contributed by atoms with Crippen LogP contribution in [0.5, 0.6) is 0 Å². The van der Waals surface area contributed by atoms with Crippen LogP contribution in [0.4, 0.5) is 5.69 Å². The van der Waals surface area contributed by atoms with Crippen LogP contribution >= 0.6 is 0 Å². The van der Waals surface area contributed by atoms with E-state index in [4.69, 9.17) is 5.11 Å². The van der Waals surface area contributed by atoms with Gasteiger partial charge >= 0.3 is 0 Å². The van der Waals surface area contributed by atoms with E-state index < -0.39 is 10.0 Å². The van der Waals surface area contributed by atoms with Gasteiger partial charge < -0.3 is 10.1 Å². The van der Waals surface area contributed by atoms with Crippen LogP contribution in [0.2, 0.25) is 0 Å². The third-order valence-electron chi connectivity index (χ3n) is 2.67. The predicted molar refractivity (Wildman–Crippen MR) is 72.2 cm³/mol. The van der Waals surface area contributed by atoms with Gasteiger partial charge in [0.1, 0.15) is 0 Å². The summed E-state index contributed by atoms with van der Waals surface area (Å²) in [7, 11) is -3.26. The van der Waals surface area contributed by atoms with E-state index in [1.54, 1.807) is 12.1 Å². The highest BCUT2D eigenvalue weighted by Gasteiger charge is 2.07. The van der Waals surface area contributed by atoms with Crippen molar-refractivity contribution in [2.75, 3.05) is 17.6 Å². The molecule has 0 aliphatic heterocycles. The minimum Gasteiger partial charge on any atom is -0.396 e. The van der Waals surface area contributed by atoms with Crippen LogP contribution in [0.25, 0.3) is 10.9 Å². The first-order chi connectivity index (χ1) is 8.49. The number of hydrogen-bond acceptors (Lipinski definition) is 3. The van der Waals surface area contributed by atoms with E-state index >= 15 is 0 Å². The van der Waals surface area contributed by atoms with Crippen molar-refractivity contribution in [3.63, 3.8) is 0 Å². The SMILES string of the molecule is CS(=O)(=O)Nc1ccc2[nH]cc(CCCO)c2c1. The molecule has 0 bridgehead atoms. The molecule has 0 unspecified atom stereocenters. The molecule has 18 heavy (non-hydrogen) atoms. The summed E-state index contributed by atoms with van der Waals surface area (Å²) in [4.78, 5) is 3.13. The van der Waals surface area contributed by atoms with E-state index in [0.717, 1.165) is 29.1 Å². The minimum atomic E-state index is -3.26. The zero-order valence-electron chi connectivity index (χ0n) is 10.1. The third kappa shape index (κ3) is 3.02. The number of aliphatic hydroxyl groups excluding tert-OH is 1. The van der Waals surface area contributed by atoms with Crippen LogP contribution in [0, 0.1) is 0 Å². The summed E-state index contributed by atoms with van der Waals surface area (Å²) in [6, 6.07) is 5.36. The molecule has 0 spiro atoms. The molecular weight excluding hydrogens is 252 g/mol. The lowest BCUT2D eigenvalue weighted by molar-refractivity contribution is 0.289. The summed E-state index contributed by atoms with van der Waals surface area (Å²) in [5, 5.41) is 9.83. The smallest absolute Gasteiger partial charge is 0.229 e. The Balaban J connectivity index is 2.36.